The molecule has 1 atom stereocenters. The Bertz CT molecular complexity index is 350. The Kier molecular flexibility index (Phi) is 3.74. The van der Waals surface area contributed by atoms with Gasteiger partial charge >= 0.3 is 0 Å². The van der Waals surface area contributed by atoms with E-state index in [4.69, 9.17) is 0 Å². The Morgan fingerprint density at radius 3 is 2.67 bits per heavy atom. The Morgan fingerprint density at radius 1 is 1.47 bits per heavy atom. The first-order valence-corrected chi connectivity index (χ1v) is 4.82. The van der Waals surface area contributed by atoms with E-state index in [1.165, 1.54) is 6.20 Å². The number of anilines is 1. The van der Waals surface area contributed by atoms with Crippen LogP contribution in [0.4, 0.5) is 5.95 Å². The van der Waals surface area contributed by atoms with Gasteiger partial charge in [-0.1, -0.05) is 13.8 Å². The molecule has 2 N–H and O–H groups in total. The second kappa shape index (κ2) is 4.84. The standard InChI is InChI=1S/C10H15N3O2/c1-6(2)9(15)13-10-11-5-4-8(12-10)7(3)14/h4-7,14H,1-3H3,(H,11,12,13,15)/t7-/m1/s1. The molecule has 1 heterocycles. The molecule has 82 valence electrons. The molecule has 15 heavy (non-hydrogen) atoms. The summed E-state index contributed by atoms with van der Waals surface area (Å²) in [6.45, 7) is 5.18. The Balaban J connectivity index is 2.78. The van der Waals surface area contributed by atoms with Crippen LogP contribution in [-0.4, -0.2) is 21.0 Å². The largest absolute Gasteiger partial charge is 0.387 e. The number of hydrogen-bond acceptors (Lipinski definition) is 4. The van der Waals surface area contributed by atoms with Crippen molar-refractivity contribution in [3.8, 4) is 0 Å². The second-order valence-corrected chi connectivity index (χ2v) is 3.63. The number of carbonyl (C=O) groups excluding carboxylic acids is 1. The number of rotatable bonds is 3. The molecule has 5 nitrogen and oxygen atoms in total. The van der Waals surface area contributed by atoms with E-state index in [1.807, 2.05) is 0 Å². The average molecular weight is 209 g/mol. The quantitative estimate of drug-likeness (QED) is 0.782. The summed E-state index contributed by atoms with van der Waals surface area (Å²) in [6.07, 6.45) is 0.841. The predicted octanol–water partition coefficient (Wildman–Crippen LogP) is 1.12. The second-order valence-electron chi connectivity index (χ2n) is 3.63. The zero-order chi connectivity index (χ0) is 11.4. The number of amides is 1. The summed E-state index contributed by atoms with van der Waals surface area (Å²) in [5.41, 5.74) is 0.490. The van der Waals surface area contributed by atoms with Crippen molar-refractivity contribution in [2.24, 2.45) is 5.92 Å². The van der Waals surface area contributed by atoms with Crippen LogP contribution in [0.5, 0.6) is 0 Å². The maximum absolute atomic E-state index is 11.3. The van der Waals surface area contributed by atoms with Crippen LogP contribution < -0.4 is 5.32 Å². The predicted molar refractivity (Wildman–Crippen MR) is 56.1 cm³/mol. The number of carbonyl (C=O) groups is 1. The van der Waals surface area contributed by atoms with Gasteiger partial charge in [-0.3, -0.25) is 10.1 Å². The van der Waals surface area contributed by atoms with Crippen LogP contribution in [0.15, 0.2) is 12.3 Å². The smallest absolute Gasteiger partial charge is 0.229 e. The minimum Gasteiger partial charge on any atom is -0.387 e. The molecular formula is C10H15N3O2. The minimum absolute atomic E-state index is 0.121. The monoisotopic (exact) mass is 209 g/mol. The van der Waals surface area contributed by atoms with E-state index >= 15 is 0 Å². The number of aromatic nitrogens is 2. The molecule has 0 spiro atoms. The number of hydrogen-bond donors (Lipinski definition) is 2. The third-order valence-electron chi connectivity index (χ3n) is 1.86. The molecule has 0 saturated carbocycles. The van der Waals surface area contributed by atoms with Crippen LogP contribution in [0.2, 0.25) is 0 Å². The number of nitrogens with zero attached hydrogens (tertiary/aromatic N) is 2. The summed E-state index contributed by atoms with van der Waals surface area (Å²) in [6, 6.07) is 1.61. The van der Waals surface area contributed by atoms with E-state index < -0.39 is 6.10 Å². The third kappa shape index (κ3) is 3.28. The highest BCUT2D eigenvalue weighted by atomic mass is 16.3. The lowest BCUT2D eigenvalue weighted by molar-refractivity contribution is -0.118. The molecule has 5 heteroatoms. The molecule has 0 aliphatic rings. The maximum atomic E-state index is 11.3. The Labute approximate surface area is 88.6 Å². The van der Waals surface area contributed by atoms with Gasteiger partial charge in [0, 0.05) is 12.1 Å². The summed E-state index contributed by atoms with van der Waals surface area (Å²) in [5.74, 6) is -0.0337. The zero-order valence-electron chi connectivity index (χ0n) is 9.06. The summed E-state index contributed by atoms with van der Waals surface area (Å²) >= 11 is 0. The van der Waals surface area contributed by atoms with Gasteiger partial charge in [-0.25, -0.2) is 9.97 Å². The lowest BCUT2D eigenvalue weighted by atomic mass is 10.2. The molecular weight excluding hydrogens is 194 g/mol. The van der Waals surface area contributed by atoms with Crippen molar-refractivity contribution in [2.75, 3.05) is 5.32 Å². The van der Waals surface area contributed by atoms with Crippen molar-refractivity contribution in [1.82, 2.24) is 9.97 Å². The summed E-state index contributed by atoms with van der Waals surface area (Å²) < 4.78 is 0. The van der Waals surface area contributed by atoms with Crippen LogP contribution in [0.3, 0.4) is 0 Å². The lowest BCUT2D eigenvalue weighted by Gasteiger charge is -2.08. The molecule has 1 aromatic heterocycles. The third-order valence-corrected chi connectivity index (χ3v) is 1.86. The fraction of sp³-hybridized carbons (Fsp3) is 0.500. The van der Waals surface area contributed by atoms with Crippen LogP contribution in [0.1, 0.15) is 32.6 Å². The molecule has 0 aromatic carbocycles. The summed E-state index contributed by atoms with van der Waals surface area (Å²) in [4.78, 5) is 19.2. The van der Waals surface area contributed by atoms with Gasteiger partial charge in [0.2, 0.25) is 11.9 Å². The minimum atomic E-state index is -0.664. The van der Waals surface area contributed by atoms with Gasteiger partial charge in [0.15, 0.2) is 0 Å². The van der Waals surface area contributed by atoms with Gasteiger partial charge < -0.3 is 5.11 Å². The molecule has 0 aliphatic heterocycles. The first-order chi connectivity index (χ1) is 7.00. The van der Waals surface area contributed by atoms with Crippen LogP contribution in [0.25, 0.3) is 0 Å². The van der Waals surface area contributed by atoms with E-state index in [0.29, 0.717) is 5.69 Å². The normalized spacial score (nSPS) is 12.6. The van der Waals surface area contributed by atoms with Gasteiger partial charge in [-0.15, -0.1) is 0 Å². The molecule has 1 rings (SSSR count). The number of aliphatic hydroxyl groups is 1. The first kappa shape index (κ1) is 11.6. The fourth-order valence-corrected chi connectivity index (χ4v) is 0.920. The van der Waals surface area contributed by atoms with Crippen molar-refractivity contribution >= 4 is 11.9 Å². The lowest BCUT2D eigenvalue weighted by Crippen LogP contribution is -2.19. The van der Waals surface area contributed by atoms with Crippen molar-refractivity contribution in [3.05, 3.63) is 18.0 Å². The highest BCUT2D eigenvalue weighted by Gasteiger charge is 2.10. The molecule has 1 amide bonds. The van der Waals surface area contributed by atoms with Gasteiger partial charge in [0.1, 0.15) is 0 Å². The van der Waals surface area contributed by atoms with Crippen molar-refractivity contribution < 1.29 is 9.90 Å². The van der Waals surface area contributed by atoms with Gasteiger partial charge in [-0.2, -0.15) is 0 Å². The number of nitrogens with one attached hydrogen (secondary N) is 1. The molecule has 0 fully saturated rings. The zero-order valence-corrected chi connectivity index (χ0v) is 9.06. The molecule has 0 aliphatic carbocycles. The van der Waals surface area contributed by atoms with Crippen molar-refractivity contribution in [1.29, 1.82) is 0 Å². The van der Waals surface area contributed by atoms with Gasteiger partial charge in [0.05, 0.1) is 11.8 Å². The highest BCUT2D eigenvalue weighted by Crippen LogP contribution is 2.10. The molecule has 0 saturated heterocycles. The van der Waals surface area contributed by atoms with Gasteiger partial charge in [0.25, 0.3) is 0 Å². The van der Waals surface area contributed by atoms with Crippen LogP contribution in [-0.2, 0) is 4.79 Å². The SMILES string of the molecule is CC(C)C(=O)Nc1nccc([C@@H](C)O)n1. The Hall–Kier alpha value is -1.49. The van der Waals surface area contributed by atoms with Crippen LogP contribution >= 0.6 is 0 Å². The van der Waals surface area contributed by atoms with Gasteiger partial charge in [-0.05, 0) is 13.0 Å². The highest BCUT2D eigenvalue weighted by molar-refractivity contribution is 5.90. The van der Waals surface area contributed by atoms with Crippen molar-refractivity contribution in [3.63, 3.8) is 0 Å². The maximum Gasteiger partial charge on any atom is 0.229 e. The summed E-state index contributed by atoms with van der Waals surface area (Å²) in [7, 11) is 0. The van der Waals surface area contributed by atoms with E-state index in [-0.39, 0.29) is 17.8 Å². The van der Waals surface area contributed by atoms with E-state index in [9.17, 15) is 9.90 Å². The Morgan fingerprint density at radius 2 is 2.13 bits per heavy atom. The van der Waals surface area contributed by atoms with E-state index in [1.54, 1.807) is 26.8 Å². The molecule has 1 aromatic rings. The fourth-order valence-electron chi connectivity index (χ4n) is 0.920. The van der Waals surface area contributed by atoms with E-state index in [2.05, 4.69) is 15.3 Å². The molecule has 0 radical (unpaired) electrons. The summed E-state index contributed by atoms with van der Waals surface area (Å²) in [5, 5.41) is 11.9. The first-order valence-electron chi connectivity index (χ1n) is 4.82. The molecule has 0 bridgehead atoms. The molecule has 0 unspecified atom stereocenters. The average Bonchev–Trinajstić information content (AvgIpc) is 2.18. The van der Waals surface area contributed by atoms with Crippen LogP contribution in [0, 0.1) is 5.92 Å². The number of aliphatic hydroxyl groups excluding tert-OH is 1. The van der Waals surface area contributed by atoms with E-state index in [0.717, 1.165) is 0 Å². The topological polar surface area (TPSA) is 75.1 Å². The van der Waals surface area contributed by atoms with Crippen molar-refractivity contribution in [2.45, 2.75) is 26.9 Å².